The van der Waals surface area contributed by atoms with E-state index in [2.05, 4.69) is 29.4 Å². The first kappa shape index (κ1) is 27.7. The number of rotatable bonds is 18. The molecule has 1 aliphatic heterocycles. The molecule has 0 aromatic heterocycles. The second kappa shape index (κ2) is 17.3. The summed E-state index contributed by atoms with van der Waals surface area (Å²) in [7, 11) is 0. The van der Waals surface area contributed by atoms with Gasteiger partial charge in [0, 0.05) is 12.2 Å². The number of hydrogen-bond donors (Lipinski definition) is 2. The molecule has 5 nitrogen and oxygen atoms in total. The van der Waals surface area contributed by atoms with Gasteiger partial charge in [-0.25, -0.2) is 0 Å². The van der Waals surface area contributed by atoms with Gasteiger partial charge < -0.3 is 10.4 Å². The third kappa shape index (κ3) is 13.7. The Labute approximate surface area is 193 Å². The average molecular weight is 453 g/mol. The van der Waals surface area contributed by atoms with Gasteiger partial charge in [-0.1, -0.05) is 89.1 Å². The number of hydrogen-bond acceptors (Lipinski definition) is 4. The SMILES string of the molecule is CCCCCCCCC=CCCCCCCCC(=O)NC1=NC(CC)(CC(=O)O)CS1. The van der Waals surface area contributed by atoms with Gasteiger partial charge in [0.15, 0.2) is 5.17 Å². The highest BCUT2D eigenvalue weighted by atomic mass is 32.2. The van der Waals surface area contributed by atoms with Crippen molar-refractivity contribution >= 4 is 28.8 Å². The number of unbranched alkanes of at least 4 members (excludes halogenated alkanes) is 11. The third-order valence-corrected chi connectivity index (χ3v) is 7.02. The van der Waals surface area contributed by atoms with Crippen molar-refractivity contribution in [3.63, 3.8) is 0 Å². The maximum Gasteiger partial charge on any atom is 0.305 e. The van der Waals surface area contributed by atoms with Crippen molar-refractivity contribution in [3.8, 4) is 0 Å². The van der Waals surface area contributed by atoms with Crippen molar-refractivity contribution in [2.45, 2.75) is 122 Å². The molecule has 2 N–H and O–H groups in total. The summed E-state index contributed by atoms with van der Waals surface area (Å²) in [5.74, 6) is -0.225. The van der Waals surface area contributed by atoms with Crippen LogP contribution in [0.25, 0.3) is 0 Å². The number of amidine groups is 1. The third-order valence-electron chi connectivity index (χ3n) is 5.87. The zero-order chi connectivity index (χ0) is 22.8. The van der Waals surface area contributed by atoms with Gasteiger partial charge in [-0.15, -0.1) is 0 Å². The zero-order valence-corrected chi connectivity index (χ0v) is 20.6. The van der Waals surface area contributed by atoms with E-state index >= 15 is 0 Å². The van der Waals surface area contributed by atoms with E-state index in [1.807, 2.05) is 6.92 Å². The summed E-state index contributed by atoms with van der Waals surface area (Å²) < 4.78 is 0. The number of nitrogens with zero attached hydrogens (tertiary/aromatic N) is 1. The minimum absolute atomic E-state index is 0.00824. The van der Waals surface area contributed by atoms with E-state index < -0.39 is 11.5 Å². The van der Waals surface area contributed by atoms with Crippen LogP contribution in [0.5, 0.6) is 0 Å². The first-order valence-electron chi connectivity index (χ1n) is 12.4. The number of aliphatic imine (C=N–C) groups is 1. The Balaban J connectivity index is 1.99. The van der Waals surface area contributed by atoms with Crippen molar-refractivity contribution in [3.05, 3.63) is 12.2 Å². The van der Waals surface area contributed by atoms with Gasteiger partial charge in [0.1, 0.15) is 0 Å². The molecule has 1 rings (SSSR count). The Morgan fingerprint density at radius 1 is 0.968 bits per heavy atom. The molecule has 0 radical (unpaired) electrons. The summed E-state index contributed by atoms with van der Waals surface area (Å²) in [6, 6.07) is 0. The van der Waals surface area contributed by atoms with Gasteiger partial charge in [0.25, 0.3) is 0 Å². The van der Waals surface area contributed by atoms with Crippen LogP contribution in [0.4, 0.5) is 0 Å². The van der Waals surface area contributed by atoms with Crippen LogP contribution < -0.4 is 5.32 Å². The lowest BCUT2D eigenvalue weighted by atomic mass is 9.95. The van der Waals surface area contributed by atoms with Crippen LogP contribution in [0.15, 0.2) is 17.1 Å². The molecule has 6 heteroatoms. The predicted octanol–water partition coefficient (Wildman–Crippen LogP) is 6.87. The highest BCUT2D eigenvalue weighted by Gasteiger charge is 2.36. The lowest BCUT2D eigenvalue weighted by molar-refractivity contribution is -0.138. The fraction of sp³-hybridized carbons (Fsp3) is 0.800. The van der Waals surface area contributed by atoms with Crippen LogP contribution in [-0.4, -0.2) is 33.4 Å². The van der Waals surface area contributed by atoms with Crippen LogP contribution >= 0.6 is 11.8 Å². The van der Waals surface area contributed by atoms with Crippen LogP contribution in [0.1, 0.15) is 117 Å². The van der Waals surface area contributed by atoms with Crippen LogP contribution in [0, 0.1) is 0 Å². The number of carboxylic acids is 1. The molecular formula is C25H44N2O3S. The number of carbonyl (C=O) groups excluding carboxylic acids is 1. The zero-order valence-electron chi connectivity index (χ0n) is 19.8. The molecule has 1 amide bonds. The number of carboxylic acid groups (broad SMARTS) is 1. The molecule has 0 aromatic carbocycles. The van der Waals surface area contributed by atoms with Crippen LogP contribution in [0.3, 0.4) is 0 Å². The Hall–Kier alpha value is -1.30. The number of allylic oxidation sites excluding steroid dienone is 2. The smallest absolute Gasteiger partial charge is 0.305 e. The van der Waals surface area contributed by atoms with Crippen molar-refractivity contribution in [1.29, 1.82) is 0 Å². The first-order valence-corrected chi connectivity index (χ1v) is 13.4. The lowest BCUT2D eigenvalue weighted by Gasteiger charge is -2.20. The summed E-state index contributed by atoms with van der Waals surface area (Å²) >= 11 is 1.46. The van der Waals surface area contributed by atoms with Crippen molar-refractivity contribution in [2.75, 3.05) is 5.75 Å². The maximum absolute atomic E-state index is 12.1. The number of carbonyl (C=O) groups is 2. The molecule has 0 bridgehead atoms. The molecule has 0 spiro atoms. The number of amides is 1. The van der Waals surface area contributed by atoms with Crippen molar-refractivity contribution in [1.82, 2.24) is 5.32 Å². The van der Waals surface area contributed by atoms with E-state index in [0.717, 1.165) is 12.8 Å². The maximum atomic E-state index is 12.1. The van der Waals surface area contributed by atoms with E-state index in [1.54, 1.807) is 0 Å². The Morgan fingerprint density at radius 2 is 1.55 bits per heavy atom. The second-order valence-electron chi connectivity index (χ2n) is 8.74. The lowest BCUT2D eigenvalue weighted by Crippen LogP contribution is -2.30. The largest absolute Gasteiger partial charge is 0.481 e. The predicted molar refractivity (Wildman–Crippen MR) is 133 cm³/mol. The van der Waals surface area contributed by atoms with Gasteiger partial charge in [-0.2, -0.15) is 0 Å². The molecule has 0 fully saturated rings. The first-order chi connectivity index (χ1) is 15.0. The molecule has 0 aliphatic carbocycles. The standard InChI is InChI=1S/C25H44N2O3S/c1-3-5-6-7-8-9-10-11-12-13-14-15-16-17-18-19-22(28)26-24-27-25(4-2,21-31-24)20-23(29)30/h11-12H,3-10,13-21H2,1-2H3,(H,29,30)(H,26,27,28). The molecule has 31 heavy (non-hydrogen) atoms. The molecular weight excluding hydrogens is 408 g/mol. The highest BCUT2D eigenvalue weighted by molar-refractivity contribution is 8.14. The normalized spacial score (nSPS) is 18.5. The number of nitrogens with one attached hydrogen (secondary N) is 1. The Morgan fingerprint density at radius 3 is 2.13 bits per heavy atom. The van der Waals surface area contributed by atoms with Gasteiger partial charge in [0.2, 0.25) is 5.91 Å². The van der Waals surface area contributed by atoms with Crippen molar-refractivity contribution < 1.29 is 14.7 Å². The molecule has 0 saturated heterocycles. The summed E-state index contributed by atoms with van der Waals surface area (Å²) in [4.78, 5) is 27.7. The number of aliphatic carboxylic acids is 1. The fourth-order valence-corrected chi connectivity index (χ4v) is 4.98. The van der Waals surface area contributed by atoms with E-state index in [0.29, 0.717) is 23.8 Å². The quantitative estimate of drug-likeness (QED) is 0.176. The van der Waals surface area contributed by atoms with Gasteiger partial charge >= 0.3 is 5.97 Å². The number of thioether (sulfide) groups is 1. The Bertz CT molecular complexity index is 577. The van der Waals surface area contributed by atoms with Gasteiger partial charge in [-0.05, 0) is 38.5 Å². The highest BCUT2D eigenvalue weighted by Crippen LogP contribution is 2.33. The molecule has 1 aliphatic rings. The molecule has 178 valence electrons. The molecule has 0 saturated carbocycles. The second-order valence-corrected chi connectivity index (χ2v) is 9.70. The van der Waals surface area contributed by atoms with E-state index in [4.69, 9.17) is 5.11 Å². The molecule has 1 heterocycles. The summed E-state index contributed by atoms with van der Waals surface area (Å²) in [6.07, 6.45) is 22.0. The van der Waals surface area contributed by atoms with Gasteiger partial charge in [-0.3, -0.25) is 14.6 Å². The summed E-state index contributed by atoms with van der Waals surface area (Å²) in [5.41, 5.74) is -0.567. The van der Waals surface area contributed by atoms with Crippen molar-refractivity contribution in [2.24, 2.45) is 4.99 Å². The fourth-order valence-electron chi connectivity index (χ4n) is 3.76. The minimum Gasteiger partial charge on any atom is -0.481 e. The van der Waals surface area contributed by atoms with E-state index in [-0.39, 0.29) is 12.3 Å². The topological polar surface area (TPSA) is 78.8 Å². The molecule has 0 aromatic rings. The van der Waals surface area contributed by atoms with E-state index in [9.17, 15) is 9.59 Å². The van der Waals surface area contributed by atoms with Crippen LogP contribution in [-0.2, 0) is 9.59 Å². The van der Waals surface area contributed by atoms with E-state index in [1.165, 1.54) is 82.4 Å². The Kier molecular flexibility index (Phi) is 15.5. The van der Waals surface area contributed by atoms with Crippen LogP contribution in [0.2, 0.25) is 0 Å². The molecule has 1 atom stereocenters. The monoisotopic (exact) mass is 452 g/mol. The summed E-state index contributed by atoms with van der Waals surface area (Å²) in [6.45, 7) is 4.21. The minimum atomic E-state index is -0.841. The molecule has 1 unspecified atom stereocenters. The summed E-state index contributed by atoms with van der Waals surface area (Å²) in [5, 5.41) is 12.5. The van der Waals surface area contributed by atoms with Gasteiger partial charge in [0.05, 0.1) is 12.0 Å². The average Bonchev–Trinajstić information content (AvgIpc) is 3.13.